The normalized spacial score (nSPS) is 10.5. The zero-order valence-corrected chi connectivity index (χ0v) is 13.4. The molecule has 1 heterocycles. The van der Waals surface area contributed by atoms with Crippen molar-refractivity contribution < 1.29 is 9.90 Å². The molecule has 0 radical (unpaired) electrons. The summed E-state index contributed by atoms with van der Waals surface area (Å²) in [6, 6.07) is 11.8. The van der Waals surface area contributed by atoms with Crippen LogP contribution in [0.15, 0.2) is 53.7 Å². The highest BCUT2D eigenvalue weighted by Crippen LogP contribution is 2.16. The monoisotopic (exact) mass is 316 g/mol. The van der Waals surface area contributed by atoms with Gasteiger partial charge in [0.15, 0.2) is 0 Å². The molecule has 0 aliphatic rings. The third kappa shape index (κ3) is 4.86. The van der Waals surface area contributed by atoms with E-state index >= 15 is 0 Å². The minimum Gasteiger partial charge on any atom is -0.395 e. The third-order valence-electron chi connectivity index (χ3n) is 3.33. The molecule has 22 heavy (non-hydrogen) atoms. The van der Waals surface area contributed by atoms with Crippen LogP contribution in [-0.4, -0.2) is 40.3 Å². The van der Waals surface area contributed by atoms with E-state index in [0.717, 1.165) is 11.1 Å². The van der Waals surface area contributed by atoms with Crippen molar-refractivity contribution in [2.24, 2.45) is 0 Å². The average molecular weight is 316 g/mol. The van der Waals surface area contributed by atoms with Crippen LogP contribution in [0.1, 0.15) is 11.1 Å². The number of carbonyl (C=O) groups excluding carboxylic acids is 1. The number of benzene rings is 1. The van der Waals surface area contributed by atoms with Gasteiger partial charge in [0.2, 0.25) is 5.91 Å². The molecule has 0 spiro atoms. The summed E-state index contributed by atoms with van der Waals surface area (Å²) in [6.07, 6.45) is 5.72. The fraction of sp³-hybridized carbons (Fsp3) is 0.294. The highest BCUT2D eigenvalue weighted by molar-refractivity contribution is 7.98. The van der Waals surface area contributed by atoms with E-state index in [1.54, 1.807) is 29.1 Å². The minimum absolute atomic E-state index is 0.00371. The molecule has 1 N–H and O–H groups in total. The van der Waals surface area contributed by atoms with E-state index in [4.69, 9.17) is 0 Å². The number of carbonyl (C=O) groups is 1. The zero-order chi connectivity index (χ0) is 15.8. The van der Waals surface area contributed by atoms with Gasteiger partial charge in [0.1, 0.15) is 0 Å². The summed E-state index contributed by atoms with van der Waals surface area (Å²) >= 11 is 1.69. The highest BCUT2D eigenvalue weighted by atomic mass is 32.2. The van der Waals surface area contributed by atoms with Crippen LogP contribution in [0, 0.1) is 0 Å². The number of aromatic nitrogens is 1. The van der Waals surface area contributed by atoms with Gasteiger partial charge in [0.05, 0.1) is 13.0 Å². The van der Waals surface area contributed by atoms with Crippen molar-refractivity contribution >= 4 is 17.7 Å². The average Bonchev–Trinajstić information content (AvgIpc) is 2.56. The molecule has 0 atom stereocenters. The summed E-state index contributed by atoms with van der Waals surface area (Å²) in [7, 11) is 0. The lowest BCUT2D eigenvalue weighted by molar-refractivity contribution is -0.131. The van der Waals surface area contributed by atoms with Gasteiger partial charge in [-0.05, 0) is 35.6 Å². The Morgan fingerprint density at radius 3 is 2.59 bits per heavy atom. The number of hydrogen-bond donors (Lipinski definition) is 1. The van der Waals surface area contributed by atoms with Crippen molar-refractivity contribution in [3.8, 4) is 0 Å². The second-order valence-electron chi connectivity index (χ2n) is 4.93. The Hall–Kier alpha value is -1.85. The van der Waals surface area contributed by atoms with Crippen molar-refractivity contribution in [1.29, 1.82) is 0 Å². The maximum absolute atomic E-state index is 12.4. The summed E-state index contributed by atoms with van der Waals surface area (Å²) < 4.78 is 0. The molecular formula is C17H20N2O2S. The van der Waals surface area contributed by atoms with Crippen LogP contribution >= 0.6 is 11.8 Å². The molecule has 116 valence electrons. The van der Waals surface area contributed by atoms with Crippen molar-refractivity contribution in [2.45, 2.75) is 17.9 Å². The predicted octanol–water partition coefficient (Wildman–Crippen LogP) is 2.37. The number of thioether (sulfide) groups is 1. The number of aliphatic hydroxyl groups excluding tert-OH is 1. The predicted molar refractivity (Wildman–Crippen MR) is 88.7 cm³/mol. The van der Waals surface area contributed by atoms with Crippen molar-refractivity contribution in [3.05, 3.63) is 59.9 Å². The molecule has 0 aliphatic carbocycles. The summed E-state index contributed by atoms with van der Waals surface area (Å²) in [5.41, 5.74) is 1.94. The van der Waals surface area contributed by atoms with Crippen LogP contribution in [0.2, 0.25) is 0 Å². The van der Waals surface area contributed by atoms with E-state index in [0.29, 0.717) is 19.5 Å². The lowest BCUT2D eigenvalue weighted by Crippen LogP contribution is -2.34. The smallest absolute Gasteiger partial charge is 0.227 e. The first-order chi connectivity index (χ1) is 10.7. The van der Waals surface area contributed by atoms with E-state index in [2.05, 4.69) is 4.98 Å². The molecule has 0 saturated heterocycles. The second-order valence-corrected chi connectivity index (χ2v) is 5.80. The Labute approximate surface area is 135 Å². The quantitative estimate of drug-likeness (QED) is 0.797. The third-order valence-corrected chi connectivity index (χ3v) is 4.08. The molecule has 5 heteroatoms. The van der Waals surface area contributed by atoms with Crippen LogP contribution in [0.4, 0.5) is 0 Å². The van der Waals surface area contributed by atoms with Gasteiger partial charge < -0.3 is 10.0 Å². The largest absolute Gasteiger partial charge is 0.395 e. The Morgan fingerprint density at radius 1 is 1.23 bits per heavy atom. The van der Waals surface area contributed by atoms with Gasteiger partial charge in [0.25, 0.3) is 0 Å². The van der Waals surface area contributed by atoms with Gasteiger partial charge in [0, 0.05) is 30.4 Å². The fourth-order valence-corrected chi connectivity index (χ4v) is 2.56. The molecule has 1 aromatic carbocycles. The molecule has 1 amide bonds. The number of nitrogens with zero attached hydrogens (tertiary/aromatic N) is 2. The molecular weight excluding hydrogens is 296 g/mol. The van der Waals surface area contributed by atoms with Crippen LogP contribution in [0.3, 0.4) is 0 Å². The minimum atomic E-state index is -0.0400. The lowest BCUT2D eigenvalue weighted by Gasteiger charge is -2.22. The van der Waals surface area contributed by atoms with Gasteiger partial charge in [-0.15, -0.1) is 11.8 Å². The molecule has 0 bridgehead atoms. The molecule has 0 saturated carbocycles. The fourth-order valence-electron chi connectivity index (χ4n) is 2.15. The van der Waals surface area contributed by atoms with Gasteiger partial charge in [-0.25, -0.2) is 0 Å². The molecule has 2 rings (SSSR count). The van der Waals surface area contributed by atoms with Crippen molar-refractivity contribution in [1.82, 2.24) is 9.88 Å². The maximum Gasteiger partial charge on any atom is 0.227 e. The first kappa shape index (κ1) is 16.5. The number of rotatable bonds is 7. The number of hydrogen-bond acceptors (Lipinski definition) is 4. The van der Waals surface area contributed by atoms with Gasteiger partial charge >= 0.3 is 0 Å². The number of amides is 1. The standard InChI is InChI=1S/C17H20N2O2S/c1-22-16-6-4-14(5-7-16)13-19(9-10-20)17(21)11-15-3-2-8-18-12-15/h2-8,12,20H,9-11,13H2,1H3. The van der Waals surface area contributed by atoms with Gasteiger partial charge in [-0.3, -0.25) is 9.78 Å². The zero-order valence-electron chi connectivity index (χ0n) is 12.6. The summed E-state index contributed by atoms with van der Waals surface area (Å²) in [5, 5.41) is 9.20. The first-order valence-corrected chi connectivity index (χ1v) is 8.36. The Balaban J connectivity index is 2.03. The molecule has 0 aliphatic heterocycles. The Morgan fingerprint density at radius 2 is 2.00 bits per heavy atom. The van der Waals surface area contributed by atoms with E-state index < -0.39 is 0 Å². The molecule has 0 unspecified atom stereocenters. The SMILES string of the molecule is CSc1ccc(CN(CCO)C(=O)Cc2cccnc2)cc1. The van der Waals surface area contributed by atoms with Crippen LogP contribution in [-0.2, 0) is 17.8 Å². The van der Waals surface area contributed by atoms with Gasteiger partial charge in [-0.1, -0.05) is 18.2 Å². The van der Waals surface area contributed by atoms with E-state index in [1.165, 1.54) is 4.90 Å². The Kier molecular flexibility index (Phi) is 6.43. The van der Waals surface area contributed by atoms with Crippen molar-refractivity contribution in [3.63, 3.8) is 0 Å². The summed E-state index contributed by atoms with van der Waals surface area (Å²) in [6.45, 7) is 0.805. The van der Waals surface area contributed by atoms with E-state index in [1.807, 2.05) is 42.7 Å². The molecule has 1 aromatic heterocycles. The van der Waals surface area contributed by atoms with Crippen LogP contribution < -0.4 is 0 Å². The van der Waals surface area contributed by atoms with Crippen LogP contribution in [0.5, 0.6) is 0 Å². The molecule has 4 nitrogen and oxygen atoms in total. The molecule has 0 fully saturated rings. The molecule has 2 aromatic rings. The van der Waals surface area contributed by atoms with Gasteiger partial charge in [-0.2, -0.15) is 0 Å². The van der Waals surface area contributed by atoms with Crippen LogP contribution in [0.25, 0.3) is 0 Å². The van der Waals surface area contributed by atoms with Crippen molar-refractivity contribution in [2.75, 3.05) is 19.4 Å². The number of aliphatic hydroxyl groups is 1. The second kappa shape index (κ2) is 8.56. The Bertz CT molecular complexity index is 587. The summed E-state index contributed by atoms with van der Waals surface area (Å²) in [5.74, 6) is -0.00371. The summed E-state index contributed by atoms with van der Waals surface area (Å²) in [4.78, 5) is 19.3. The topological polar surface area (TPSA) is 53.4 Å². The van der Waals surface area contributed by atoms with E-state index in [9.17, 15) is 9.90 Å². The number of pyridine rings is 1. The van der Waals surface area contributed by atoms with E-state index in [-0.39, 0.29) is 12.5 Å². The lowest BCUT2D eigenvalue weighted by atomic mass is 10.1. The highest BCUT2D eigenvalue weighted by Gasteiger charge is 2.14. The maximum atomic E-state index is 12.4. The first-order valence-electron chi connectivity index (χ1n) is 7.13.